The van der Waals surface area contributed by atoms with Gasteiger partial charge in [0.15, 0.2) is 0 Å². The third-order valence-corrected chi connectivity index (χ3v) is 6.48. The maximum Gasteiger partial charge on any atom is 0.238 e. The van der Waals surface area contributed by atoms with Crippen molar-refractivity contribution in [3.05, 3.63) is 65.2 Å². The van der Waals surface area contributed by atoms with Crippen LogP contribution in [0.5, 0.6) is 5.75 Å². The normalized spacial score (nSPS) is 19.3. The standard InChI is InChI=1S/C26H35N3O2.C2H6/c1-21-6-8-22(9-7-21)14-17-29-25(30)20-27(2)26(29)23-10-12-24(13-11-23)31-19-18-28-15-4-3-5-16-28;1-2/h6-13,26H,3-5,14-20H2,1-2H3;1-2H3. The molecule has 1 unspecified atom stereocenters. The Kier molecular flexibility index (Phi) is 9.76. The molecule has 0 spiro atoms. The van der Waals surface area contributed by atoms with Crippen molar-refractivity contribution in [2.45, 2.75) is 52.6 Å². The van der Waals surface area contributed by atoms with Gasteiger partial charge in [-0.15, -0.1) is 0 Å². The van der Waals surface area contributed by atoms with Crippen molar-refractivity contribution in [1.82, 2.24) is 14.7 Å². The molecule has 2 aromatic rings. The topological polar surface area (TPSA) is 36.0 Å². The number of amides is 1. The number of nitrogens with zero attached hydrogens (tertiary/aromatic N) is 3. The highest BCUT2D eigenvalue weighted by Gasteiger charge is 2.36. The van der Waals surface area contributed by atoms with Crippen LogP contribution < -0.4 is 4.74 Å². The molecule has 0 aromatic heterocycles. The molecule has 2 saturated heterocycles. The second-order valence-electron chi connectivity index (χ2n) is 8.93. The van der Waals surface area contributed by atoms with Crippen LogP contribution in [0.3, 0.4) is 0 Å². The molecule has 0 bridgehead atoms. The van der Waals surface area contributed by atoms with E-state index in [0.29, 0.717) is 6.54 Å². The molecule has 2 heterocycles. The molecular formula is C28H41N3O2. The van der Waals surface area contributed by atoms with Gasteiger partial charge >= 0.3 is 0 Å². The fourth-order valence-electron chi connectivity index (χ4n) is 4.66. The van der Waals surface area contributed by atoms with Crippen molar-refractivity contribution < 1.29 is 9.53 Å². The Hall–Kier alpha value is -2.37. The molecule has 2 aliphatic rings. The molecule has 2 fully saturated rings. The number of benzene rings is 2. The number of likely N-dealkylation sites (tertiary alicyclic amines) is 1. The van der Waals surface area contributed by atoms with E-state index < -0.39 is 0 Å². The number of carbonyl (C=O) groups is 1. The zero-order valence-corrected chi connectivity index (χ0v) is 20.9. The summed E-state index contributed by atoms with van der Waals surface area (Å²) in [5.41, 5.74) is 3.67. The first-order chi connectivity index (χ1) is 16.1. The lowest BCUT2D eigenvalue weighted by Crippen LogP contribution is -2.33. The Balaban J connectivity index is 0.00000149. The quantitative estimate of drug-likeness (QED) is 0.572. The van der Waals surface area contributed by atoms with Crippen molar-refractivity contribution >= 4 is 5.91 Å². The van der Waals surface area contributed by atoms with Crippen molar-refractivity contribution in [3.63, 3.8) is 0 Å². The van der Waals surface area contributed by atoms with Crippen LogP contribution in [0.1, 0.15) is 56.0 Å². The van der Waals surface area contributed by atoms with Gasteiger partial charge in [0, 0.05) is 13.1 Å². The van der Waals surface area contributed by atoms with Crippen LogP contribution in [0.15, 0.2) is 48.5 Å². The first kappa shape index (κ1) is 25.3. The number of rotatable bonds is 8. The van der Waals surface area contributed by atoms with Gasteiger partial charge in [-0.3, -0.25) is 14.6 Å². The maximum atomic E-state index is 12.7. The molecule has 4 rings (SSSR count). The molecule has 1 amide bonds. The van der Waals surface area contributed by atoms with Crippen molar-refractivity contribution in [1.29, 1.82) is 0 Å². The third kappa shape index (κ3) is 7.05. The first-order valence-electron chi connectivity index (χ1n) is 12.6. The molecule has 0 saturated carbocycles. The molecule has 0 radical (unpaired) electrons. The van der Waals surface area contributed by atoms with Crippen LogP contribution in [0.2, 0.25) is 0 Å². The van der Waals surface area contributed by atoms with Gasteiger partial charge in [-0.05, 0) is 69.6 Å². The lowest BCUT2D eigenvalue weighted by molar-refractivity contribution is -0.128. The van der Waals surface area contributed by atoms with E-state index in [2.05, 4.69) is 53.1 Å². The van der Waals surface area contributed by atoms with Crippen LogP contribution in [-0.2, 0) is 11.2 Å². The predicted octanol–water partition coefficient (Wildman–Crippen LogP) is 4.90. The lowest BCUT2D eigenvalue weighted by Gasteiger charge is -2.28. The van der Waals surface area contributed by atoms with Gasteiger partial charge in [0.1, 0.15) is 18.5 Å². The predicted molar refractivity (Wildman–Crippen MR) is 136 cm³/mol. The Bertz CT molecular complexity index is 844. The molecule has 2 aliphatic heterocycles. The van der Waals surface area contributed by atoms with E-state index in [1.54, 1.807) is 0 Å². The van der Waals surface area contributed by atoms with Gasteiger partial charge in [-0.25, -0.2) is 0 Å². The summed E-state index contributed by atoms with van der Waals surface area (Å²) in [5.74, 6) is 1.10. The number of ether oxygens (including phenoxy) is 1. The molecule has 1 atom stereocenters. The Labute approximate surface area is 200 Å². The molecule has 5 nitrogen and oxygen atoms in total. The van der Waals surface area contributed by atoms with E-state index in [1.165, 1.54) is 43.5 Å². The summed E-state index contributed by atoms with van der Waals surface area (Å²) in [6.07, 6.45) is 4.83. The van der Waals surface area contributed by atoms with Gasteiger partial charge in [-0.1, -0.05) is 62.2 Å². The number of likely N-dealkylation sites (N-methyl/N-ethyl adjacent to an activating group) is 1. The van der Waals surface area contributed by atoms with E-state index in [-0.39, 0.29) is 12.1 Å². The summed E-state index contributed by atoms with van der Waals surface area (Å²) >= 11 is 0. The number of carbonyl (C=O) groups excluding carboxylic acids is 1. The maximum absolute atomic E-state index is 12.7. The monoisotopic (exact) mass is 451 g/mol. The van der Waals surface area contributed by atoms with Crippen LogP contribution in [0.4, 0.5) is 0 Å². The zero-order chi connectivity index (χ0) is 23.6. The summed E-state index contributed by atoms with van der Waals surface area (Å²) in [4.78, 5) is 19.3. The SMILES string of the molecule is CC.Cc1ccc(CCN2C(=O)CN(C)C2c2ccc(OCCN3CCCCC3)cc2)cc1. The molecule has 0 aliphatic carbocycles. The Morgan fingerprint density at radius 3 is 2.24 bits per heavy atom. The second-order valence-corrected chi connectivity index (χ2v) is 8.93. The minimum absolute atomic E-state index is 0.0136. The highest BCUT2D eigenvalue weighted by atomic mass is 16.5. The van der Waals surface area contributed by atoms with Gasteiger partial charge in [0.05, 0.1) is 6.54 Å². The molecular weight excluding hydrogens is 410 g/mol. The summed E-state index contributed by atoms with van der Waals surface area (Å²) in [7, 11) is 2.03. The van der Waals surface area contributed by atoms with Gasteiger partial charge in [-0.2, -0.15) is 0 Å². The summed E-state index contributed by atoms with van der Waals surface area (Å²) in [6, 6.07) is 16.9. The number of hydrogen-bond donors (Lipinski definition) is 0. The molecule has 5 heteroatoms. The van der Waals surface area contributed by atoms with E-state index in [1.807, 2.05) is 37.9 Å². The largest absolute Gasteiger partial charge is 0.492 e. The van der Waals surface area contributed by atoms with Gasteiger partial charge < -0.3 is 9.64 Å². The third-order valence-electron chi connectivity index (χ3n) is 6.48. The van der Waals surface area contributed by atoms with E-state index in [0.717, 1.165) is 37.4 Å². The first-order valence-corrected chi connectivity index (χ1v) is 12.6. The number of aryl methyl sites for hydroxylation is 1. The average Bonchev–Trinajstić information content (AvgIpc) is 3.14. The molecule has 2 aromatic carbocycles. The van der Waals surface area contributed by atoms with E-state index in [4.69, 9.17) is 4.74 Å². The molecule has 33 heavy (non-hydrogen) atoms. The van der Waals surface area contributed by atoms with Gasteiger partial charge in [0.2, 0.25) is 5.91 Å². The highest BCUT2D eigenvalue weighted by molar-refractivity contribution is 5.81. The molecule has 180 valence electrons. The smallest absolute Gasteiger partial charge is 0.238 e. The summed E-state index contributed by atoms with van der Waals surface area (Å²) in [6.45, 7) is 11.4. The summed E-state index contributed by atoms with van der Waals surface area (Å²) in [5, 5.41) is 0. The lowest BCUT2D eigenvalue weighted by atomic mass is 10.1. The van der Waals surface area contributed by atoms with E-state index >= 15 is 0 Å². The van der Waals surface area contributed by atoms with Crippen LogP contribution >= 0.6 is 0 Å². The van der Waals surface area contributed by atoms with Crippen LogP contribution in [-0.4, -0.2) is 67.0 Å². The highest BCUT2D eigenvalue weighted by Crippen LogP contribution is 2.30. The second kappa shape index (κ2) is 12.8. The Morgan fingerprint density at radius 1 is 0.909 bits per heavy atom. The minimum atomic E-state index is -0.0136. The number of hydrogen-bond acceptors (Lipinski definition) is 4. The van der Waals surface area contributed by atoms with Crippen molar-refractivity contribution in [2.24, 2.45) is 0 Å². The summed E-state index contributed by atoms with van der Waals surface area (Å²) < 4.78 is 5.98. The molecule has 0 N–H and O–H groups in total. The van der Waals surface area contributed by atoms with Crippen molar-refractivity contribution in [3.8, 4) is 5.75 Å². The zero-order valence-electron chi connectivity index (χ0n) is 20.9. The van der Waals surface area contributed by atoms with Gasteiger partial charge in [0.25, 0.3) is 0 Å². The van der Waals surface area contributed by atoms with Crippen LogP contribution in [0, 0.1) is 6.92 Å². The Morgan fingerprint density at radius 2 is 1.58 bits per heavy atom. The average molecular weight is 452 g/mol. The van der Waals surface area contributed by atoms with E-state index in [9.17, 15) is 4.79 Å². The van der Waals surface area contributed by atoms with Crippen molar-refractivity contribution in [2.75, 3.05) is 46.4 Å². The fraction of sp³-hybridized carbons (Fsp3) is 0.536. The van der Waals surface area contributed by atoms with Crippen LogP contribution in [0.25, 0.3) is 0 Å². The minimum Gasteiger partial charge on any atom is -0.492 e. The number of piperidine rings is 1. The fourth-order valence-corrected chi connectivity index (χ4v) is 4.66.